The van der Waals surface area contributed by atoms with Crippen molar-refractivity contribution in [1.29, 1.82) is 0 Å². The maximum Gasteiger partial charge on any atom is 0.337 e. The number of hydrogen-bond acceptors (Lipinski definition) is 2. The Labute approximate surface area is 116 Å². The standard InChI is InChI=1S/C16H25NO2/c1-10(2)14(11(3)4)9-17-15-7-6-12(5)8-13(15)16(18)19/h6-8,10-11,14,17H,9H2,1-5H3,(H,18,19). The third kappa shape index (κ3) is 4.27. The number of benzene rings is 1. The van der Waals surface area contributed by atoms with Gasteiger partial charge in [-0.25, -0.2) is 4.79 Å². The van der Waals surface area contributed by atoms with Crippen LogP contribution in [0.4, 0.5) is 5.69 Å². The molecule has 0 spiro atoms. The second-order valence-corrected chi connectivity index (χ2v) is 5.89. The summed E-state index contributed by atoms with van der Waals surface area (Å²) >= 11 is 0. The Morgan fingerprint density at radius 1 is 1.21 bits per heavy atom. The highest BCUT2D eigenvalue weighted by Crippen LogP contribution is 2.23. The fourth-order valence-electron chi connectivity index (χ4n) is 2.46. The van der Waals surface area contributed by atoms with E-state index < -0.39 is 5.97 Å². The predicted molar refractivity (Wildman–Crippen MR) is 79.8 cm³/mol. The van der Waals surface area contributed by atoms with Crippen LogP contribution in [0.3, 0.4) is 0 Å². The number of carbonyl (C=O) groups is 1. The fraction of sp³-hybridized carbons (Fsp3) is 0.562. The number of carboxylic acids is 1. The molecule has 0 aliphatic rings. The van der Waals surface area contributed by atoms with Crippen LogP contribution >= 0.6 is 0 Å². The van der Waals surface area contributed by atoms with E-state index in [4.69, 9.17) is 0 Å². The average molecular weight is 263 g/mol. The Balaban J connectivity index is 2.85. The van der Waals surface area contributed by atoms with Crippen LogP contribution in [0.25, 0.3) is 0 Å². The highest BCUT2D eigenvalue weighted by molar-refractivity contribution is 5.94. The number of rotatable bonds is 6. The summed E-state index contributed by atoms with van der Waals surface area (Å²) in [6.45, 7) is 11.5. The Morgan fingerprint density at radius 3 is 2.26 bits per heavy atom. The summed E-state index contributed by atoms with van der Waals surface area (Å²) in [5.74, 6) is 0.803. The molecular formula is C16H25NO2. The lowest BCUT2D eigenvalue weighted by Gasteiger charge is -2.26. The van der Waals surface area contributed by atoms with Gasteiger partial charge in [0, 0.05) is 12.2 Å². The van der Waals surface area contributed by atoms with Gasteiger partial charge in [-0.3, -0.25) is 0 Å². The summed E-state index contributed by atoms with van der Waals surface area (Å²) in [5.41, 5.74) is 2.03. The van der Waals surface area contributed by atoms with Crippen LogP contribution in [0.15, 0.2) is 18.2 Å². The first-order chi connectivity index (χ1) is 8.82. The van der Waals surface area contributed by atoms with Gasteiger partial charge in [0.2, 0.25) is 0 Å². The van der Waals surface area contributed by atoms with Crippen molar-refractivity contribution in [2.45, 2.75) is 34.6 Å². The molecule has 0 saturated carbocycles. The summed E-state index contributed by atoms with van der Waals surface area (Å²) in [6, 6.07) is 5.51. The minimum absolute atomic E-state index is 0.353. The third-order valence-electron chi connectivity index (χ3n) is 3.65. The normalized spacial score (nSPS) is 11.4. The van der Waals surface area contributed by atoms with Crippen LogP contribution in [-0.4, -0.2) is 17.6 Å². The number of carboxylic acid groups (broad SMARTS) is 1. The first-order valence-corrected chi connectivity index (χ1v) is 6.90. The molecule has 0 radical (unpaired) electrons. The molecule has 1 aromatic rings. The van der Waals surface area contributed by atoms with Gasteiger partial charge in [-0.1, -0.05) is 39.3 Å². The Hall–Kier alpha value is -1.51. The summed E-state index contributed by atoms with van der Waals surface area (Å²) in [7, 11) is 0. The zero-order valence-electron chi connectivity index (χ0n) is 12.5. The van der Waals surface area contributed by atoms with Crippen molar-refractivity contribution in [1.82, 2.24) is 0 Å². The van der Waals surface area contributed by atoms with Crippen LogP contribution < -0.4 is 5.32 Å². The molecule has 0 saturated heterocycles. The molecule has 2 N–H and O–H groups in total. The van der Waals surface area contributed by atoms with Gasteiger partial charge in [0.1, 0.15) is 0 Å². The molecule has 3 nitrogen and oxygen atoms in total. The van der Waals surface area contributed by atoms with Crippen molar-refractivity contribution in [2.24, 2.45) is 17.8 Å². The van der Waals surface area contributed by atoms with Crippen LogP contribution in [0.1, 0.15) is 43.6 Å². The van der Waals surface area contributed by atoms with E-state index in [9.17, 15) is 9.90 Å². The summed E-state index contributed by atoms with van der Waals surface area (Å²) in [5, 5.41) is 12.5. The van der Waals surface area contributed by atoms with Crippen molar-refractivity contribution < 1.29 is 9.90 Å². The van der Waals surface area contributed by atoms with E-state index in [0.717, 1.165) is 12.1 Å². The molecule has 0 unspecified atom stereocenters. The molecule has 1 rings (SSSR count). The van der Waals surface area contributed by atoms with E-state index >= 15 is 0 Å². The first-order valence-electron chi connectivity index (χ1n) is 6.90. The Kier molecular flexibility index (Phi) is 5.40. The third-order valence-corrected chi connectivity index (χ3v) is 3.65. The van der Waals surface area contributed by atoms with Crippen molar-refractivity contribution in [3.63, 3.8) is 0 Å². The molecule has 0 aromatic heterocycles. The van der Waals surface area contributed by atoms with Gasteiger partial charge < -0.3 is 10.4 Å². The number of hydrogen-bond donors (Lipinski definition) is 2. The van der Waals surface area contributed by atoms with Gasteiger partial charge in [0.15, 0.2) is 0 Å². The quantitative estimate of drug-likeness (QED) is 0.814. The maximum absolute atomic E-state index is 11.2. The number of aromatic carboxylic acids is 1. The fourth-order valence-corrected chi connectivity index (χ4v) is 2.46. The van der Waals surface area contributed by atoms with E-state index in [1.165, 1.54) is 0 Å². The van der Waals surface area contributed by atoms with Crippen molar-refractivity contribution >= 4 is 11.7 Å². The molecule has 1 aromatic carbocycles. The summed E-state index contributed by atoms with van der Waals surface area (Å²) < 4.78 is 0. The van der Waals surface area contributed by atoms with Crippen molar-refractivity contribution in [2.75, 3.05) is 11.9 Å². The van der Waals surface area contributed by atoms with E-state index in [-0.39, 0.29) is 0 Å². The number of aryl methyl sites for hydroxylation is 1. The molecule has 0 fully saturated rings. The van der Waals surface area contributed by atoms with Gasteiger partial charge in [-0.15, -0.1) is 0 Å². The SMILES string of the molecule is Cc1ccc(NCC(C(C)C)C(C)C)c(C(=O)O)c1. The second-order valence-electron chi connectivity index (χ2n) is 5.89. The molecule has 3 heteroatoms. The molecule has 19 heavy (non-hydrogen) atoms. The van der Waals surface area contributed by atoms with Crippen LogP contribution in [0, 0.1) is 24.7 Å². The van der Waals surface area contributed by atoms with Gasteiger partial charge in [-0.2, -0.15) is 0 Å². The van der Waals surface area contributed by atoms with Gasteiger partial charge >= 0.3 is 5.97 Å². The van der Waals surface area contributed by atoms with Gasteiger partial charge in [-0.05, 0) is 36.8 Å². The number of nitrogens with one attached hydrogen (secondary N) is 1. The van der Waals surface area contributed by atoms with E-state index in [1.54, 1.807) is 6.07 Å². The zero-order valence-corrected chi connectivity index (χ0v) is 12.5. The molecule has 0 atom stereocenters. The average Bonchev–Trinajstić information content (AvgIpc) is 2.29. The zero-order chi connectivity index (χ0) is 14.6. The van der Waals surface area contributed by atoms with Crippen molar-refractivity contribution in [3.05, 3.63) is 29.3 Å². The topological polar surface area (TPSA) is 49.3 Å². The first kappa shape index (κ1) is 15.5. The summed E-state index contributed by atoms with van der Waals surface area (Å²) in [4.78, 5) is 11.2. The monoisotopic (exact) mass is 263 g/mol. The van der Waals surface area contributed by atoms with E-state index in [1.807, 2.05) is 19.1 Å². The molecule has 0 heterocycles. The van der Waals surface area contributed by atoms with E-state index in [2.05, 4.69) is 33.0 Å². The molecule has 0 amide bonds. The maximum atomic E-state index is 11.2. The molecule has 106 valence electrons. The molecular weight excluding hydrogens is 238 g/mol. The van der Waals surface area contributed by atoms with Crippen LogP contribution in [-0.2, 0) is 0 Å². The Morgan fingerprint density at radius 2 is 1.79 bits per heavy atom. The molecule has 0 bridgehead atoms. The minimum Gasteiger partial charge on any atom is -0.478 e. The van der Waals surface area contributed by atoms with Crippen molar-refractivity contribution in [3.8, 4) is 0 Å². The lowest BCUT2D eigenvalue weighted by molar-refractivity contribution is 0.0698. The molecule has 0 aliphatic carbocycles. The van der Waals surface area contributed by atoms with Crippen LogP contribution in [0.2, 0.25) is 0 Å². The largest absolute Gasteiger partial charge is 0.478 e. The van der Waals surface area contributed by atoms with Crippen LogP contribution in [0.5, 0.6) is 0 Å². The number of anilines is 1. The van der Waals surface area contributed by atoms with Gasteiger partial charge in [0.25, 0.3) is 0 Å². The minimum atomic E-state index is -0.878. The smallest absolute Gasteiger partial charge is 0.337 e. The predicted octanol–water partition coefficient (Wildman–Crippen LogP) is 4.03. The Bertz CT molecular complexity index is 430. The van der Waals surface area contributed by atoms with Gasteiger partial charge in [0.05, 0.1) is 5.56 Å². The lowest BCUT2D eigenvalue weighted by Crippen LogP contribution is -2.25. The highest BCUT2D eigenvalue weighted by atomic mass is 16.4. The summed E-state index contributed by atoms with van der Waals surface area (Å²) in [6.07, 6.45) is 0. The highest BCUT2D eigenvalue weighted by Gasteiger charge is 2.18. The molecule has 0 aliphatic heterocycles. The van der Waals surface area contributed by atoms with E-state index in [0.29, 0.717) is 29.0 Å². The lowest BCUT2D eigenvalue weighted by atomic mass is 9.85. The second kappa shape index (κ2) is 6.60.